The lowest BCUT2D eigenvalue weighted by Crippen LogP contribution is -2.27. The molecule has 2 atom stereocenters. The predicted molar refractivity (Wildman–Crippen MR) is 69.7 cm³/mol. The third-order valence-electron chi connectivity index (χ3n) is 3.50. The number of nitrogens with zero attached hydrogens (tertiary/aromatic N) is 2. The second-order valence-corrected chi connectivity index (χ2v) is 4.54. The molecule has 1 aliphatic rings. The molecule has 1 aromatic rings. The highest BCUT2D eigenvalue weighted by atomic mass is 16.5. The molecule has 0 N–H and O–H groups in total. The Bertz CT molecular complexity index is 455. The van der Waals surface area contributed by atoms with Crippen molar-refractivity contribution >= 4 is 5.69 Å². The first-order valence-corrected chi connectivity index (χ1v) is 6.01. The number of hydrogen-bond donors (Lipinski definition) is 0. The highest BCUT2D eigenvalue weighted by Gasteiger charge is 2.34. The monoisotopic (exact) mass is 246 g/mol. The maximum atomic E-state index is 9.21. The van der Waals surface area contributed by atoms with E-state index < -0.39 is 0 Å². The van der Waals surface area contributed by atoms with Gasteiger partial charge in [-0.2, -0.15) is 5.26 Å². The Balaban J connectivity index is 2.32. The number of hydrogen-bond acceptors (Lipinski definition) is 4. The standard InChI is InChI=1S/C14H18N2O2/c1-10-5-4-6-11(7-15)14(10)16-8-12(17-2)13(9-16)18-3/h4-6,12-13H,8-9H2,1-3H3. The molecule has 0 aromatic heterocycles. The number of rotatable bonds is 3. The van der Waals surface area contributed by atoms with Crippen LogP contribution in [-0.2, 0) is 9.47 Å². The summed E-state index contributed by atoms with van der Waals surface area (Å²) >= 11 is 0. The van der Waals surface area contributed by atoms with Gasteiger partial charge in [0.2, 0.25) is 0 Å². The summed E-state index contributed by atoms with van der Waals surface area (Å²) in [5.41, 5.74) is 2.82. The molecule has 0 bridgehead atoms. The van der Waals surface area contributed by atoms with Gasteiger partial charge in [0.15, 0.2) is 0 Å². The van der Waals surface area contributed by atoms with Crippen LogP contribution in [0.5, 0.6) is 0 Å². The van der Waals surface area contributed by atoms with E-state index in [1.165, 1.54) is 0 Å². The molecule has 0 radical (unpaired) electrons. The van der Waals surface area contributed by atoms with Crippen molar-refractivity contribution in [1.29, 1.82) is 5.26 Å². The maximum absolute atomic E-state index is 9.21. The minimum Gasteiger partial charge on any atom is -0.377 e. The highest BCUT2D eigenvalue weighted by Crippen LogP contribution is 2.29. The molecule has 1 aliphatic heterocycles. The van der Waals surface area contributed by atoms with Gasteiger partial charge >= 0.3 is 0 Å². The normalized spacial score (nSPS) is 23.1. The van der Waals surface area contributed by atoms with Crippen LogP contribution < -0.4 is 4.90 Å². The Hall–Kier alpha value is -1.57. The zero-order chi connectivity index (χ0) is 13.1. The van der Waals surface area contributed by atoms with E-state index in [2.05, 4.69) is 11.0 Å². The van der Waals surface area contributed by atoms with Crippen molar-refractivity contribution in [2.45, 2.75) is 19.1 Å². The molecule has 1 fully saturated rings. The summed E-state index contributed by atoms with van der Waals surface area (Å²) in [6.07, 6.45) is 0.113. The Kier molecular flexibility index (Phi) is 3.85. The lowest BCUT2D eigenvalue weighted by Gasteiger charge is -2.21. The third-order valence-corrected chi connectivity index (χ3v) is 3.50. The summed E-state index contributed by atoms with van der Waals surface area (Å²) in [6, 6.07) is 8.04. The topological polar surface area (TPSA) is 45.5 Å². The van der Waals surface area contributed by atoms with Crippen LogP contribution >= 0.6 is 0 Å². The number of nitriles is 1. The fraction of sp³-hybridized carbons (Fsp3) is 0.500. The number of aryl methyl sites for hydroxylation is 1. The average molecular weight is 246 g/mol. The van der Waals surface area contributed by atoms with Crippen molar-refractivity contribution in [3.8, 4) is 6.07 Å². The molecule has 0 aliphatic carbocycles. The molecular formula is C14H18N2O2. The number of ether oxygens (including phenoxy) is 2. The van der Waals surface area contributed by atoms with Crippen LogP contribution in [0.2, 0.25) is 0 Å². The Labute approximate surface area is 108 Å². The number of methoxy groups -OCH3 is 2. The SMILES string of the molecule is COC1CN(c2c(C)cccc2C#N)CC1OC. The van der Waals surface area contributed by atoms with Gasteiger partial charge in [-0.25, -0.2) is 0 Å². The summed E-state index contributed by atoms with van der Waals surface area (Å²) in [4.78, 5) is 2.18. The molecule has 2 rings (SSSR count). The summed E-state index contributed by atoms with van der Waals surface area (Å²) < 4.78 is 10.9. The van der Waals surface area contributed by atoms with Crippen LogP contribution in [0.1, 0.15) is 11.1 Å². The van der Waals surface area contributed by atoms with E-state index in [1.807, 2.05) is 25.1 Å². The van der Waals surface area contributed by atoms with E-state index in [0.29, 0.717) is 5.56 Å². The van der Waals surface area contributed by atoms with Crippen molar-refractivity contribution in [3.05, 3.63) is 29.3 Å². The van der Waals surface area contributed by atoms with E-state index in [9.17, 15) is 5.26 Å². The first-order valence-electron chi connectivity index (χ1n) is 6.01. The molecule has 0 spiro atoms. The molecular weight excluding hydrogens is 228 g/mol. The van der Waals surface area contributed by atoms with Crippen molar-refractivity contribution in [2.75, 3.05) is 32.2 Å². The first-order chi connectivity index (χ1) is 8.71. The fourth-order valence-corrected chi connectivity index (χ4v) is 2.55. The Morgan fingerprint density at radius 3 is 2.33 bits per heavy atom. The predicted octanol–water partition coefficient (Wildman–Crippen LogP) is 1.72. The van der Waals surface area contributed by atoms with E-state index in [4.69, 9.17) is 9.47 Å². The molecule has 4 heteroatoms. The zero-order valence-corrected chi connectivity index (χ0v) is 11.0. The van der Waals surface area contributed by atoms with Crippen molar-refractivity contribution in [1.82, 2.24) is 0 Å². The van der Waals surface area contributed by atoms with E-state index in [0.717, 1.165) is 24.3 Å². The van der Waals surface area contributed by atoms with Crippen molar-refractivity contribution < 1.29 is 9.47 Å². The fourth-order valence-electron chi connectivity index (χ4n) is 2.55. The van der Waals surface area contributed by atoms with Gasteiger partial charge in [0.05, 0.1) is 11.3 Å². The maximum Gasteiger partial charge on any atom is 0.102 e. The summed E-state index contributed by atoms with van der Waals surface area (Å²) in [5, 5.41) is 9.21. The summed E-state index contributed by atoms with van der Waals surface area (Å²) in [5.74, 6) is 0. The van der Waals surface area contributed by atoms with Crippen LogP contribution in [0, 0.1) is 18.3 Å². The van der Waals surface area contributed by atoms with Crippen LogP contribution in [0.3, 0.4) is 0 Å². The molecule has 2 unspecified atom stereocenters. The Morgan fingerprint density at radius 1 is 1.22 bits per heavy atom. The summed E-state index contributed by atoms with van der Waals surface area (Å²) in [6.45, 7) is 3.54. The summed E-state index contributed by atoms with van der Waals surface area (Å²) in [7, 11) is 3.40. The largest absolute Gasteiger partial charge is 0.377 e. The number of para-hydroxylation sites is 1. The second-order valence-electron chi connectivity index (χ2n) is 4.54. The van der Waals surface area contributed by atoms with Gasteiger partial charge in [-0.3, -0.25) is 0 Å². The average Bonchev–Trinajstić information content (AvgIpc) is 2.81. The molecule has 0 saturated carbocycles. The molecule has 1 saturated heterocycles. The van der Waals surface area contributed by atoms with Gasteiger partial charge < -0.3 is 14.4 Å². The third kappa shape index (κ3) is 2.20. The molecule has 1 aromatic carbocycles. The number of benzene rings is 1. The molecule has 0 amide bonds. The van der Waals surface area contributed by atoms with Crippen LogP contribution in [0.15, 0.2) is 18.2 Å². The minimum absolute atomic E-state index is 0.0566. The molecule has 4 nitrogen and oxygen atoms in total. The van der Waals surface area contributed by atoms with Crippen LogP contribution in [0.25, 0.3) is 0 Å². The molecule has 1 heterocycles. The smallest absolute Gasteiger partial charge is 0.102 e. The zero-order valence-electron chi connectivity index (χ0n) is 11.0. The van der Waals surface area contributed by atoms with Crippen molar-refractivity contribution in [2.24, 2.45) is 0 Å². The van der Waals surface area contributed by atoms with Gasteiger partial charge in [0, 0.05) is 27.3 Å². The van der Waals surface area contributed by atoms with E-state index >= 15 is 0 Å². The lowest BCUT2D eigenvalue weighted by molar-refractivity contribution is -0.00461. The van der Waals surface area contributed by atoms with Crippen LogP contribution in [-0.4, -0.2) is 39.5 Å². The van der Waals surface area contributed by atoms with Crippen molar-refractivity contribution in [3.63, 3.8) is 0 Å². The van der Waals surface area contributed by atoms with Crippen LogP contribution in [0.4, 0.5) is 5.69 Å². The number of anilines is 1. The quantitative estimate of drug-likeness (QED) is 0.814. The van der Waals surface area contributed by atoms with Gasteiger partial charge in [-0.1, -0.05) is 12.1 Å². The molecule has 18 heavy (non-hydrogen) atoms. The second kappa shape index (κ2) is 5.38. The minimum atomic E-state index is 0.0566. The first kappa shape index (κ1) is 12.9. The Morgan fingerprint density at radius 2 is 1.83 bits per heavy atom. The van der Waals surface area contributed by atoms with E-state index in [-0.39, 0.29) is 12.2 Å². The molecule has 96 valence electrons. The lowest BCUT2D eigenvalue weighted by atomic mass is 10.1. The van der Waals surface area contributed by atoms with Gasteiger partial charge in [-0.15, -0.1) is 0 Å². The highest BCUT2D eigenvalue weighted by molar-refractivity contribution is 5.64. The van der Waals surface area contributed by atoms with E-state index in [1.54, 1.807) is 14.2 Å². The van der Waals surface area contributed by atoms with Gasteiger partial charge in [-0.05, 0) is 18.6 Å². The van der Waals surface area contributed by atoms with Gasteiger partial charge in [0.25, 0.3) is 0 Å². The van der Waals surface area contributed by atoms with Gasteiger partial charge in [0.1, 0.15) is 18.3 Å².